The van der Waals surface area contributed by atoms with Gasteiger partial charge in [-0.2, -0.15) is 0 Å². The largest absolute Gasteiger partial charge is 0.469 e. The summed E-state index contributed by atoms with van der Waals surface area (Å²) in [5.74, 6) is -0.116. The molecule has 0 saturated heterocycles. The van der Waals surface area contributed by atoms with Crippen LogP contribution in [0.15, 0.2) is 4.99 Å². The molecule has 124 valence electrons. The van der Waals surface area contributed by atoms with Gasteiger partial charge in [0, 0.05) is 13.3 Å². The molecular formula is C16H33NO3Si. The third-order valence-corrected chi connectivity index (χ3v) is 8.87. The van der Waals surface area contributed by atoms with Crippen molar-refractivity contribution in [2.24, 2.45) is 16.8 Å². The number of ether oxygens (including phenoxy) is 1. The quantitative estimate of drug-likeness (QED) is 0.406. The van der Waals surface area contributed by atoms with E-state index >= 15 is 0 Å². The Morgan fingerprint density at radius 3 is 2.14 bits per heavy atom. The minimum absolute atomic E-state index is 0.130. The van der Waals surface area contributed by atoms with Gasteiger partial charge in [0.15, 0.2) is 8.32 Å². The Bertz CT molecular complexity index is 359. The lowest BCUT2D eigenvalue weighted by Gasteiger charge is -2.39. The minimum Gasteiger partial charge on any atom is -0.469 e. The van der Waals surface area contributed by atoms with Crippen molar-refractivity contribution in [2.45, 2.75) is 65.3 Å². The first kappa shape index (κ1) is 20.3. The van der Waals surface area contributed by atoms with Crippen LogP contribution in [-0.4, -0.2) is 40.8 Å². The summed E-state index contributed by atoms with van der Waals surface area (Å²) >= 11 is 0. The zero-order chi connectivity index (χ0) is 16.8. The monoisotopic (exact) mass is 315 g/mol. The fraction of sp³-hybridized carbons (Fsp3) is 0.875. The summed E-state index contributed by atoms with van der Waals surface area (Å²) in [5, 5.41) is 0.130. The Balaban J connectivity index is 5.11. The highest BCUT2D eigenvalue weighted by Gasteiger charge is 2.40. The third-order valence-electron chi connectivity index (χ3n) is 4.36. The number of hydrogen-bond acceptors (Lipinski definition) is 4. The molecule has 0 rings (SSSR count). The van der Waals surface area contributed by atoms with Crippen molar-refractivity contribution in [1.29, 1.82) is 0 Å². The van der Waals surface area contributed by atoms with E-state index in [1.807, 2.05) is 20.1 Å². The molecule has 0 fully saturated rings. The van der Waals surface area contributed by atoms with Gasteiger partial charge in [0.25, 0.3) is 0 Å². The minimum atomic E-state index is -1.90. The highest BCUT2D eigenvalue weighted by molar-refractivity contribution is 6.74. The molecule has 0 aromatic heterocycles. The Labute approximate surface area is 131 Å². The number of esters is 1. The van der Waals surface area contributed by atoms with Gasteiger partial charge in [-0.15, -0.1) is 0 Å². The van der Waals surface area contributed by atoms with E-state index in [-0.39, 0.29) is 28.9 Å². The molecule has 0 aliphatic heterocycles. The lowest BCUT2D eigenvalue weighted by Crippen LogP contribution is -2.45. The van der Waals surface area contributed by atoms with E-state index in [0.29, 0.717) is 6.42 Å². The molecule has 0 unspecified atom stereocenters. The zero-order valence-corrected chi connectivity index (χ0v) is 16.2. The summed E-state index contributed by atoms with van der Waals surface area (Å²) in [5.41, 5.74) is 0. The average Bonchev–Trinajstić information content (AvgIpc) is 2.32. The Morgan fingerprint density at radius 1 is 1.29 bits per heavy atom. The van der Waals surface area contributed by atoms with E-state index in [9.17, 15) is 4.79 Å². The summed E-state index contributed by atoms with van der Waals surface area (Å²) < 4.78 is 11.3. The van der Waals surface area contributed by atoms with Crippen molar-refractivity contribution < 1.29 is 14.0 Å². The number of aliphatic imine (C=N–C) groups is 1. The fourth-order valence-corrected chi connectivity index (χ4v) is 3.17. The molecule has 0 aromatic carbocycles. The van der Waals surface area contributed by atoms with Crippen LogP contribution in [0, 0.1) is 11.8 Å². The SMILES string of the molecule is CN=C[C@H](C[C@H](C(=O)OC)C(C)C)O[Si](C)(C)C(C)(C)C. The van der Waals surface area contributed by atoms with Crippen LogP contribution >= 0.6 is 0 Å². The molecule has 0 amide bonds. The van der Waals surface area contributed by atoms with Crippen LogP contribution in [0.5, 0.6) is 0 Å². The van der Waals surface area contributed by atoms with Gasteiger partial charge in [-0.3, -0.25) is 9.79 Å². The van der Waals surface area contributed by atoms with E-state index in [1.165, 1.54) is 7.11 Å². The van der Waals surface area contributed by atoms with Gasteiger partial charge in [0.05, 0.1) is 19.1 Å². The molecular weight excluding hydrogens is 282 g/mol. The van der Waals surface area contributed by atoms with Gasteiger partial charge in [0.1, 0.15) is 0 Å². The van der Waals surface area contributed by atoms with Crippen molar-refractivity contribution in [3.63, 3.8) is 0 Å². The summed E-state index contributed by atoms with van der Waals surface area (Å²) in [6.07, 6.45) is 2.30. The number of methoxy groups -OCH3 is 1. The number of carbonyl (C=O) groups is 1. The first-order chi connectivity index (χ1) is 9.46. The molecule has 0 radical (unpaired) electrons. The maximum atomic E-state index is 11.9. The lowest BCUT2D eigenvalue weighted by molar-refractivity contribution is -0.147. The first-order valence-corrected chi connectivity index (χ1v) is 10.5. The van der Waals surface area contributed by atoms with Crippen LogP contribution < -0.4 is 0 Å². The first-order valence-electron chi connectivity index (χ1n) is 7.64. The van der Waals surface area contributed by atoms with Crippen LogP contribution in [0.4, 0.5) is 0 Å². The van der Waals surface area contributed by atoms with Crippen LogP contribution in [0.1, 0.15) is 41.0 Å². The summed E-state index contributed by atoms with van der Waals surface area (Å²) in [6.45, 7) is 15.1. The maximum absolute atomic E-state index is 11.9. The summed E-state index contributed by atoms with van der Waals surface area (Å²) in [4.78, 5) is 16.1. The molecule has 5 heteroatoms. The van der Waals surface area contributed by atoms with E-state index < -0.39 is 8.32 Å². The standard InChI is InChI=1S/C16H33NO3Si/c1-12(2)14(15(18)19-7)10-13(11-17-6)20-21(8,9)16(3,4)5/h11-14H,10H2,1-9H3/t13-,14-/m0/s1. The van der Waals surface area contributed by atoms with Gasteiger partial charge in [-0.25, -0.2) is 0 Å². The van der Waals surface area contributed by atoms with Crippen molar-refractivity contribution in [3.8, 4) is 0 Å². The number of nitrogens with zero attached hydrogens (tertiary/aromatic N) is 1. The molecule has 0 bridgehead atoms. The van der Waals surface area contributed by atoms with Crippen LogP contribution in [0.3, 0.4) is 0 Å². The predicted molar refractivity (Wildman–Crippen MR) is 91.4 cm³/mol. The van der Waals surface area contributed by atoms with Gasteiger partial charge >= 0.3 is 5.97 Å². The molecule has 4 nitrogen and oxygen atoms in total. The lowest BCUT2D eigenvalue weighted by atomic mass is 9.90. The van der Waals surface area contributed by atoms with Crippen LogP contribution in [0.25, 0.3) is 0 Å². The average molecular weight is 316 g/mol. The van der Waals surface area contributed by atoms with Gasteiger partial charge in [-0.1, -0.05) is 34.6 Å². The number of carbonyl (C=O) groups excluding carboxylic acids is 1. The molecule has 0 N–H and O–H groups in total. The normalized spacial score (nSPS) is 16.3. The summed E-state index contributed by atoms with van der Waals surface area (Å²) in [6, 6.07) is 0. The molecule has 0 aliphatic rings. The number of hydrogen-bond donors (Lipinski definition) is 0. The van der Waals surface area contributed by atoms with Crippen molar-refractivity contribution >= 4 is 20.5 Å². The smallest absolute Gasteiger partial charge is 0.309 e. The summed E-state index contributed by atoms with van der Waals surface area (Å²) in [7, 11) is 1.29. The van der Waals surface area contributed by atoms with Gasteiger partial charge in [-0.05, 0) is 30.5 Å². The van der Waals surface area contributed by atoms with Crippen LogP contribution in [0.2, 0.25) is 18.1 Å². The topological polar surface area (TPSA) is 47.9 Å². The predicted octanol–water partition coefficient (Wildman–Crippen LogP) is 3.91. The zero-order valence-electron chi connectivity index (χ0n) is 15.2. The van der Waals surface area contributed by atoms with E-state index in [4.69, 9.17) is 9.16 Å². The molecule has 0 aromatic rings. The molecule has 2 atom stereocenters. The third kappa shape index (κ3) is 6.30. The van der Waals surface area contributed by atoms with E-state index in [2.05, 4.69) is 38.9 Å². The van der Waals surface area contributed by atoms with Gasteiger partial charge in [0.2, 0.25) is 0 Å². The van der Waals surface area contributed by atoms with Crippen molar-refractivity contribution in [1.82, 2.24) is 0 Å². The highest BCUT2D eigenvalue weighted by atomic mass is 28.4. The van der Waals surface area contributed by atoms with Gasteiger partial charge < -0.3 is 9.16 Å². The Hall–Kier alpha value is -0.683. The second-order valence-electron chi connectivity index (χ2n) is 7.43. The van der Waals surface area contributed by atoms with Crippen LogP contribution in [-0.2, 0) is 14.0 Å². The fourth-order valence-electron chi connectivity index (χ4n) is 1.90. The molecule has 0 saturated carbocycles. The molecule has 0 aliphatic carbocycles. The van der Waals surface area contributed by atoms with Crippen molar-refractivity contribution in [3.05, 3.63) is 0 Å². The van der Waals surface area contributed by atoms with Crippen molar-refractivity contribution in [2.75, 3.05) is 14.2 Å². The number of rotatable bonds is 7. The molecule has 21 heavy (non-hydrogen) atoms. The van der Waals surface area contributed by atoms with E-state index in [1.54, 1.807) is 7.05 Å². The second-order valence-corrected chi connectivity index (χ2v) is 12.2. The molecule has 0 heterocycles. The second kappa shape index (κ2) is 8.08. The van der Waals surface area contributed by atoms with E-state index in [0.717, 1.165) is 0 Å². The highest BCUT2D eigenvalue weighted by Crippen LogP contribution is 2.38. The maximum Gasteiger partial charge on any atom is 0.309 e. The Morgan fingerprint density at radius 2 is 1.81 bits per heavy atom. The molecule has 0 spiro atoms. The Kier molecular flexibility index (Phi) is 7.82.